The maximum absolute atomic E-state index is 11.8. The Morgan fingerprint density at radius 1 is 1.05 bits per heavy atom. The Morgan fingerprint density at radius 2 is 1.77 bits per heavy atom. The molecule has 2 aromatic rings. The van der Waals surface area contributed by atoms with Crippen LogP contribution in [0.2, 0.25) is 0 Å². The molecule has 43 heavy (non-hydrogen) atoms. The molecule has 0 fully saturated rings. The van der Waals surface area contributed by atoms with Gasteiger partial charge in [-0.15, -0.1) is 0 Å². The van der Waals surface area contributed by atoms with Crippen LogP contribution in [0.1, 0.15) is 51.3 Å². The molecule has 2 aliphatic rings. The number of allylic oxidation sites excluding steroid dienone is 8. The summed E-state index contributed by atoms with van der Waals surface area (Å²) in [4.78, 5) is 24.1. The molecule has 2 N–H and O–H groups in total. The van der Waals surface area contributed by atoms with Crippen LogP contribution in [-0.4, -0.2) is 54.1 Å². The minimum atomic E-state index is -4.42. The first-order valence-electron chi connectivity index (χ1n) is 13.8. The SMILES string of the molecule is CC(/C=C/C=C1/N(CC(=O)O)c2ccc(S(=O)(=O)O)cc2C1(C)C)=C\C=C\C1=[N+](COC=O)c2ccc(C)cc2C1(C)C. The van der Waals surface area contributed by atoms with Gasteiger partial charge in [0.1, 0.15) is 6.54 Å². The molecule has 9 nitrogen and oxygen atoms in total. The average molecular weight is 606 g/mol. The predicted octanol–water partition coefficient (Wildman–Crippen LogP) is 5.57. The number of aliphatic carboxylic acids is 1. The molecule has 226 valence electrons. The van der Waals surface area contributed by atoms with Gasteiger partial charge in [-0.2, -0.15) is 13.0 Å². The first-order valence-corrected chi connectivity index (χ1v) is 15.2. The lowest BCUT2D eigenvalue weighted by Gasteiger charge is -2.25. The molecular formula is C33H37N2O7S+. The first-order chi connectivity index (χ1) is 20.1. The number of fused-ring (bicyclic) bond motifs is 2. The van der Waals surface area contributed by atoms with Crippen LogP contribution in [0.15, 0.2) is 89.0 Å². The monoisotopic (exact) mass is 605 g/mol. The minimum absolute atomic E-state index is 0.107. The van der Waals surface area contributed by atoms with E-state index in [1.54, 1.807) is 4.90 Å². The molecule has 0 amide bonds. The van der Waals surface area contributed by atoms with E-state index in [0.29, 0.717) is 23.4 Å². The molecule has 0 radical (unpaired) electrons. The molecule has 0 atom stereocenters. The van der Waals surface area contributed by atoms with E-state index in [1.807, 2.05) is 80.9 Å². The molecule has 0 bridgehead atoms. The number of anilines is 1. The van der Waals surface area contributed by atoms with Gasteiger partial charge in [-0.1, -0.05) is 55.4 Å². The number of hydrogen-bond donors (Lipinski definition) is 2. The zero-order valence-corrected chi connectivity index (χ0v) is 26.0. The second kappa shape index (κ2) is 11.8. The van der Waals surface area contributed by atoms with Crippen molar-refractivity contribution in [2.75, 3.05) is 18.2 Å². The summed E-state index contributed by atoms with van der Waals surface area (Å²) in [5, 5.41) is 9.58. The Hall–Kier alpha value is -4.28. The molecule has 0 aromatic heterocycles. The summed E-state index contributed by atoms with van der Waals surface area (Å²) in [7, 11) is -4.42. The highest BCUT2D eigenvalue weighted by Gasteiger charge is 2.44. The summed E-state index contributed by atoms with van der Waals surface area (Å²) in [6, 6.07) is 10.4. The van der Waals surface area contributed by atoms with Crippen molar-refractivity contribution < 1.29 is 37.0 Å². The van der Waals surface area contributed by atoms with Crippen molar-refractivity contribution in [3.8, 4) is 0 Å². The molecule has 0 saturated heterocycles. The zero-order chi connectivity index (χ0) is 31.7. The van der Waals surface area contributed by atoms with E-state index in [1.165, 1.54) is 18.2 Å². The Kier molecular flexibility index (Phi) is 8.67. The summed E-state index contributed by atoms with van der Waals surface area (Å²) in [5.74, 6) is -1.03. The van der Waals surface area contributed by atoms with Crippen molar-refractivity contribution >= 4 is 39.6 Å². The van der Waals surface area contributed by atoms with Crippen LogP contribution in [-0.2, 0) is 35.3 Å². The number of ether oxygens (including phenoxy) is 1. The minimum Gasteiger partial charge on any atom is -0.480 e. The molecule has 2 aliphatic heterocycles. The van der Waals surface area contributed by atoms with Gasteiger partial charge in [0, 0.05) is 34.5 Å². The van der Waals surface area contributed by atoms with Gasteiger partial charge in [0.15, 0.2) is 5.71 Å². The second-order valence-electron chi connectivity index (χ2n) is 11.8. The van der Waals surface area contributed by atoms with Crippen molar-refractivity contribution in [3.63, 3.8) is 0 Å². The van der Waals surface area contributed by atoms with Crippen molar-refractivity contribution in [2.45, 2.75) is 57.3 Å². The third-order valence-electron chi connectivity index (χ3n) is 8.00. The van der Waals surface area contributed by atoms with Gasteiger partial charge >= 0.3 is 5.97 Å². The summed E-state index contributed by atoms with van der Waals surface area (Å²) >= 11 is 0. The van der Waals surface area contributed by atoms with E-state index in [9.17, 15) is 27.7 Å². The fraction of sp³-hybridized carbons (Fsp3) is 0.303. The van der Waals surface area contributed by atoms with Gasteiger partial charge in [-0.3, -0.25) is 14.1 Å². The smallest absolute Gasteiger partial charge is 0.323 e. The largest absolute Gasteiger partial charge is 0.480 e. The van der Waals surface area contributed by atoms with Crippen LogP contribution in [0.25, 0.3) is 0 Å². The van der Waals surface area contributed by atoms with Crippen molar-refractivity contribution in [3.05, 3.63) is 101 Å². The van der Waals surface area contributed by atoms with Crippen LogP contribution < -0.4 is 4.90 Å². The van der Waals surface area contributed by atoms with Crippen LogP contribution >= 0.6 is 0 Å². The Labute approximate surface area is 252 Å². The number of hydrogen-bond acceptors (Lipinski definition) is 6. The number of aryl methyl sites for hydroxylation is 1. The van der Waals surface area contributed by atoms with Gasteiger partial charge in [-0.05, 0) is 63.6 Å². The molecule has 10 heteroatoms. The molecule has 2 heterocycles. The lowest BCUT2D eigenvalue weighted by Crippen LogP contribution is -2.30. The van der Waals surface area contributed by atoms with Crippen molar-refractivity contribution in [1.82, 2.24) is 0 Å². The fourth-order valence-electron chi connectivity index (χ4n) is 5.79. The Bertz CT molecular complexity index is 1740. The Morgan fingerprint density at radius 3 is 2.42 bits per heavy atom. The summed E-state index contributed by atoms with van der Waals surface area (Å²) < 4.78 is 40.2. The highest BCUT2D eigenvalue weighted by molar-refractivity contribution is 7.85. The highest BCUT2D eigenvalue weighted by Crippen LogP contribution is 2.48. The number of nitrogens with zero attached hydrogens (tertiary/aromatic N) is 2. The van der Waals surface area contributed by atoms with Crippen LogP contribution in [0.5, 0.6) is 0 Å². The lowest BCUT2D eigenvalue weighted by molar-refractivity contribution is -0.479. The van der Waals surface area contributed by atoms with Crippen LogP contribution in [0.4, 0.5) is 11.4 Å². The maximum Gasteiger partial charge on any atom is 0.323 e. The molecular weight excluding hydrogens is 568 g/mol. The summed E-state index contributed by atoms with van der Waals surface area (Å²) in [6.45, 7) is 12.3. The van der Waals surface area contributed by atoms with E-state index >= 15 is 0 Å². The number of carboxylic acid groups (broad SMARTS) is 1. The molecule has 0 aliphatic carbocycles. The summed E-state index contributed by atoms with van der Waals surface area (Å²) in [6.07, 6.45) is 11.5. The van der Waals surface area contributed by atoms with Gasteiger partial charge in [0.25, 0.3) is 23.3 Å². The summed E-state index contributed by atoms with van der Waals surface area (Å²) in [5.41, 5.74) is 6.06. The van der Waals surface area contributed by atoms with Gasteiger partial charge in [0.2, 0.25) is 5.69 Å². The van der Waals surface area contributed by atoms with Crippen LogP contribution in [0, 0.1) is 6.92 Å². The molecule has 0 saturated carbocycles. The second-order valence-corrected chi connectivity index (χ2v) is 13.2. The maximum atomic E-state index is 11.8. The third-order valence-corrected chi connectivity index (χ3v) is 8.85. The quantitative estimate of drug-likeness (QED) is 0.156. The van der Waals surface area contributed by atoms with Crippen molar-refractivity contribution in [1.29, 1.82) is 0 Å². The van der Waals surface area contributed by atoms with E-state index in [-0.39, 0.29) is 23.6 Å². The fourth-order valence-corrected chi connectivity index (χ4v) is 6.30. The normalized spacial score (nSPS) is 18.5. The van der Waals surface area contributed by atoms with E-state index < -0.39 is 21.5 Å². The number of carbonyl (C=O) groups excluding carboxylic acids is 1. The third kappa shape index (κ3) is 6.25. The molecule has 2 aromatic carbocycles. The molecule has 4 rings (SSSR count). The standard InChI is InChI=1S/C33H36N2O7S/c1-22(10-8-12-30-32(3,4)25-17-23(2)13-15-28(25)35(30)20-42-21-36)9-7-11-29-33(5,6)26-18-24(43(39,40)41)14-16-27(26)34(29)19-31(37)38/h7-18,21H,19-20H2,1-6H3,(H-,37,38,39,40,41)/p+1. The van der Waals surface area contributed by atoms with E-state index in [0.717, 1.165) is 28.1 Å². The van der Waals surface area contributed by atoms with Gasteiger partial charge in [0.05, 0.1) is 10.3 Å². The predicted molar refractivity (Wildman–Crippen MR) is 166 cm³/mol. The average Bonchev–Trinajstić information content (AvgIpc) is 3.25. The van der Waals surface area contributed by atoms with Crippen LogP contribution in [0.3, 0.4) is 0 Å². The van der Waals surface area contributed by atoms with Gasteiger partial charge in [-0.25, -0.2) is 0 Å². The number of carbonyl (C=O) groups is 2. The number of carboxylic acids is 1. The van der Waals surface area contributed by atoms with Gasteiger partial charge < -0.3 is 14.7 Å². The topological polar surface area (TPSA) is 124 Å². The Balaban J connectivity index is 1.63. The highest BCUT2D eigenvalue weighted by atomic mass is 32.2. The number of benzene rings is 2. The van der Waals surface area contributed by atoms with E-state index in [2.05, 4.69) is 19.9 Å². The molecule has 0 spiro atoms. The first kappa shape index (κ1) is 31.7. The van der Waals surface area contributed by atoms with E-state index in [4.69, 9.17) is 4.74 Å². The zero-order valence-electron chi connectivity index (χ0n) is 25.2. The molecule has 0 unspecified atom stereocenters. The number of rotatable bonds is 10. The lowest BCUT2D eigenvalue weighted by atomic mass is 9.81. The van der Waals surface area contributed by atoms with Crippen molar-refractivity contribution in [2.24, 2.45) is 0 Å².